The van der Waals surface area contributed by atoms with E-state index in [2.05, 4.69) is 15.4 Å². The highest BCUT2D eigenvalue weighted by Gasteiger charge is 2.41. The normalized spacial score (nSPS) is 14.5. The van der Waals surface area contributed by atoms with Gasteiger partial charge in [-0.1, -0.05) is 97.0 Å². The minimum absolute atomic E-state index is 0.202. The fourth-order valence-electron chi connectivity index (χ4n) is 5.44. The lowest BCUT2D eigenvalue weighted by Gasteiger charge is -2.39. The Kier molecular flexibility index (Phi) is 14.4. The third-order valence-electron chi connectivity index (χ3n) is 8.26. The Morgan fingerprint density at radius 2 is 1.50 bits per heavy atom. The van der Waals surface area contributed by atoms with E-state index >= 15 is 0 Å². The van der Waals surface area contributed by atoms with E-state index in [0.717, 1.165) is 5.56 Å². The Bertz CT molecular complexity index is 1520. The maximum atomic E-state index is 14.1. The molecule has 0 fully saturated rings. The molecular formula is C36H55N5O6S. The number of carbonyl (C=O) groups is 3. The highest BCUT2D eigenvalue weighted by atomic mass is 32.2. The summed E-state index contributed by atoms with van der Waals surface area (Å²) in [6.07, 6.45) is 1.60. The highest BCUT2D eigenvalue weighted by molar-refractivity contribution is 7.89. The van der Waals surface area contributed by atoms with E-state index in [1.54, 1.807) is 57.4 Å². The maximum Gasteiger partial charge on any atom is 0.249 e. The van der Waals surface area contributed by atoms with Gasteiger partial charge >= 0.3 is 0 Å². The first kappa shape index (κ1) is 40.4. The Hall–Kier alpha value is -3.74. The predicted octanol–water partition coefficient (Wildman–Crippen LogP) is 3.70. The van der Waals surface area contributed by atoms with Crippen molar-refractivity contribution in [3.8, 4) is 5.75 Å². The van der Waals surface area contributed by atoms with Crippen LogP contribution in [-0.2, 0) is 35.6 Å². The molecule has 48 heavy (non-hydrogen) atoms. The number of amides is 3. The molecule has 0 spiro atoms. The Morgan fingerprint density at radius 3 is 2.00 bits per heavy atom. The molecular weight excluding hydrogens is 630 g/mol. The third kappa shape index (κ3) is 11.2. The molecule has 12 heteroatoms. The summed E-state index contributed by atoms with van der Waals surface area (Å²) in [7, 11) is -0.634. The number of nitrogens with two attached hydrogens (primary N) is 1. The van der Waals surface area contributed by atoms with Gasteiger partial charge < -0.3 is 26.0 Å². The van der Waals surface area contributed by atoms with Gasteiger partial charge in [-0.2, -0.15) is 0 Å². The summed E-state index contributed by atoms with van der Waals surface area (Å²) in [4.78, 5) is 42.5. The quantitative estimate of drug-likeness (QED) is 0.208. The molecule has 0 aliphatic carbocycles. The molecule has 0 saturated carbocycles. The summed E-state index contributed by atoms with van der Waals surface area (Å²) in [5.41, 5.74) is 6.16. The first-order chi connectivity index (χ1) is 22.2. The summed E-state index contributed by atoms with van der Waals surface area (Å²) in [6.45, 7) is 15.7. The van der Waals surface area contributed by atoms with Gasteiger partial charge in [0.05, 0.1) is 17.7 Å². The van der Waals surface area contributed by atoms with Crippen molar-refractivity contribution in [3.05, 3.63) is 77.5 Å². The zero-order chi connectivity index (χ0) is 36.4. The van der Waals surface area contributed by atoms with Crippen LogP contribution in [0.25, 0.3) is 0 Å². The van der Waals surface area contributed by atoms with Crippen LogP contribution in [0.15, 0.2) is 66.4 Å². The number of allylic oxidation sites excluding steroid dienone is 1. The molecule has 0 radical (unpaired) electrons. The van der Waals surface area contributed by atoms with Crippen molar-refractivity contribution in [2.45, 2.75) is 78.6 Å². The molecule has 2 aromatic rings. The molecule has 0 aliphatic rings. The van der Waals surface area contributed by atoms with Crippen molar-refractivity contribution in [2.75, 3.05) is 27.2 Å². The van der Waals surface area contributed by atoms with Crippen LogP contribution in [0.2, 0.25) is 0 Å². The molecule has 0 bridgehead atoms. The van der Waals surface area contributed by atoms with Crippen molar-refractivity contribution in [1.82, 2.24) is 20.3 Å². The second-order valence-electron chi connectivity index (χ2n) is 14.1. The van der Waals surface area contributed by atoms with Gasteiger partial charge in [0.1, 0.15) is 18.4 Å². The Morgan fingerprint density at radius 1 is 0.917 bits per heavy atom. The molecule has 1 unspecified atom stereocenters. The van der Waals surface area contributed by atoms with Crippen molar-refractivity contribution >= 4 is 27.7 Å². The van der Waals surface area contributed by atoms with Crippen LogP contribution in [0, 0.1) is 17.3 Å². The Balaban J connectivity index is 2.29. The number of hydrogen-bond donors (Lipinski definition) is 4. The molecule has 0 aromatic heterocycles. The van der Waals surface area contributed by atoms with E-state index in [4.69, 9.17) is 10.5 Å². The van der Waals surface area contributed by atoms with Crippen LogP contribution >= 0.6 is 0 Å². The summed E-state index contributed by atoms with van der Waals surface area (Å²) in [5.74, 6) is -2.14. The van der Waals surface area contributed by atoms with E-state index < -0.39 is 44.8 Å². The van der Waals surface area contributed by atoms with Crippen LogP contribution < -0.4 is 25.8 Å². The van der Waals surface area contributed by atoms with Crippen LogP contribution in [0.5, 0.6) is 5.75 Å². The minimum Gasteiger partial charge on any atom is -0.492 e. The summed E-state index contributed by atoms with van der Waals surface area (Å²) < 4.78 is 33.2. The van der Waals surface area contributed by atoms with Crippen LogP contribution in [0.4, 0.5) is 0 Å². The molecule has 266 valence electrons. The van der Waals surface area contributed by atoms with E-state index in [9.17, 15) is 22.8 Å². The highest BCUT2D eigenvalue weighted by Crippen LogP contribution is 2.30. The lowest BCUT2D eigenvalue weighted by molar-refractivity contribution is -0.138. The monoisotopic (exact) mass is 685 g/mol. The Labute approximate surface area is 287 Å². The molecule has 3 atom stereocenters. The summed E-state index contributed by atoms with van der Waals surface area (Å²) in [5, 5.41) is 6.15. The summed E-state index contributed by atoms with van der Waals surface area (Å²) >= 11 is 0. The number of nitrogens with one attached hydrogen (secondary N) is 3. The molecule has 2 rings (SSSR count). The van der Waals surface area contributed by atoms with Gasteiger partial charge in [0.25, 0.3) is 0 Å². The van der Waals surface area contributed by atoms with Crippen LogP contribution in [0.3, 0.4) is 0 Å². The lowest BCUT2D eigenvalue weighted by Crippen LogP contribution is -2.60. The minimum atomic E-state index is -3.94. The number of benzene rings is 2. The van der Waals surface area contributed by atoms with Crippen LogP contribution in [0.1, 0.15) is 66.5 Å². The van der Waals surface area contributed by atoms with Gasteiger partial charge in [0.15, 0.2) is 0 Å². The first-order valence-corrected chi connectivity index (χ1v) is 17.9. The fourth-order valence-corrected chi connectivity index (χ4v) is 6.63. The van der Waals surface area contributed by atoms with Crippen molar-refractivity contribution < 1.29 is 27.5 Å². The van der Waals surface area contributed by atoms with Crippen molar-refractivity contribution in [2.24, 2.45) is 23.0 Å². The number of rotatable bonds is 16. The molecule has 0 heterocycles. The number of ether oxygens (including phenoxy) is 1. The number of sulfonamides is 1. The van der Waals surface area contributed by atoms with Gasteiger partial charge in [-0.25, -0.2) is 8.42 Å². The molecule has 11 nitrogen and oxygen atoms in total. The lowest BCUT2D eigenvalue weighted by atomic mass is 9.76. The average molecular weight is 686 g/mol. The van der Waals surface area contributed by atoms with Crippen molar-refractivity contribution in [3.63, 3.8) is 0 Å². The van der Waals surface area contributed by atoms with E-state index in [1.165, 1.54) is 4.90 Å². The zero-order valence-electron chi connectivity index (χ0n) is 30.1. The van der Waals surface area contributed by atoms with Gasteiger partial charge in [-0.05, 0) is 48.6 Å². The average Bonchev–Trinajstić information content (AvgIpc) is 3.00. The third-order valence-corrected chi connectivity index (χ3v) is 9.48. The number of hydrogen-bond acceptors (Lipinski definition) is 8. The number of nitrogens with zero attached hydrogens (tertiary/aromatic N) is 1. The zero-order valence-corrected chi connectivity index (χ0v) is 30.9. The van der Waals surface area contributed by atoms with Gasteiger partial charge in [0.2, 0.25) is 27.7 Å². The fraction of sp³-hybridized carbons (Fsp3) is 0.528. The second kappa shape index (κ2) is 17.1. The molecule has 0 aliphatic heterocycles. The largest absolute Gasteiger partial charge is 0.492 e. The predicted molar refractivity (Wildman–Crippen MR) is 190 cm³/mol. The molecule has 2 aromatic carbocycles. The molecule has 5 N–H and O–H groups in total. The maximum absolute atomic E-state index is 14.1. The van der Waals surface area contributed by atoms with E-state index in [-0.39, 0.29) is 23.5 Å². The molecule has 3 amide bonds. The van der Waals surface area contributed by atoms with E-state index in [0.29, 0.717) is 30.2 Å². The topological polar surface area (TPSA) is 160 Å². The SMILES string of the molecule is CN[C@H](C(=O)N[C@H](C(=O)N(C)/C(=C/C(C)C(=O)NS(=O)(=O)Cc1ccccc1)C(C)C)C(C)(C)C)C(C)(C)c1ccc(OCCN)cc1. The smallest absolute Gasteiger partial charge is 0.249 e. The second-order valence-corrected chi connectivity index (χ2v) is 15.8. The van der Waals surface area contributed by atoms with Gasteiger partial charge in [0, 0.05) is 24.7 Å². The van der Waals surface area contributed by atoms with E-state index in [1.807, 2.05) is 72.7 Å². The molecule has 0 saturated heterocycles. The van der Waals surface area contributed by atoms with Crippen LogP contribution in [-0.4, -0.2) is 70.4 Å². The van der Waals surface area contributed by atoms with Crippen molar-refractivity contribution in [1.29, 1.82) is 0 Å². The number of likely N-dealkylation sites (N-methyl/N-ethyl adjacent to an activating group) is 2. The number of carbonyl (C=O) groups excluding carboxylic acids is 3. The summed E-state index contributed by atoms with van der Waals surface area (Å²) in [6, 6.07) is 14.5. The van der Waals surface area contributed by atoms with Gasteiger partial charge in [-0.3, -0.25) is 19.1 Å². The first-order valence-electron chi connectivity index (χ1n) is 16.2. The van der Waals surface area contributed by atoms with Gasteiger partial charge in [-0.15, -0.1) is 0 Å². The standard InChI is InChI=1S/C36H55N5O6S/c1-24(2)29(22-25(3)32(42)40-48(45,46)23-26-14-12-11-13-15-26)41(10)34(44)31(35(4,5)6)39-33(43)30(38-9)36(7,8)27-16-18-28(19-17-27)47-21-20-37/h11-19,22,24-25,30-31,38H,20-21,23,37H2,1-10H3,(H,39,43)(H,40,42)/b29-22+/t25?,30-,31-/m1/s1.